The standard InChI is InChI=1S/C7H10S2/c1-3-5-7-9-8-6-4-2/h4H,2-3,6H2,1H3. The van der Waals surface area contributed by atoms with Crippen LogP contribution in [0.1, 0.15) is 13.3 Å². The van der Waals surface area contributed by atoms with Crippen LogP contribution < -0.4 is 0 Å². The lowest BCUT2D eigenvalue weighted by atomic mass is 10.5. The van der Waals surface area contributed by atoms with E-state index in [-0.39, 0.29) is 0 Å². The number of hydrogen-bond donors (Lipinski definition) is 0. The molecule has 50 valence electrons. The fourth-order valence-corrected chi connectivity index (χ4v) is 1.49. The van der Waals surface area contributed by atoms with E-state index in [0.717, 1.165) is 12.2 Å². The molecule has 0 saturated heterocycles. The van der Waals surface area contributed by atoms with Gasteiger partial charge in [-0.2, -0.15) is 0 Å². The molecular weight excluding hydrogens is 148 g/mol. The Kier molecular flexibility index (Phi) is 8.00. The molecule has 0 N–H and O–H groups in total. The summed E-state index contributed by atoms with van der Waals surface area (Å²) in [4.78, 5) is 0. The van der Waals surface area contributed by atoms with Gasteiger partial charge >= 0.3 is 0 Å². The van der Waals surface area contributed by atoms with Crippen LogP contribution in [0.15, 0.2) is 12.7 Å². The predicted molar refractivity (Wildman–Crippen MR) is 48.3 cm³/mol. The monoisotopic (exact) mass is 158 g/mol. The van der Waals surface area contributed by atoms with Crippen molar-refractivity contribution < 1.29 is 0 Å². The van der Waals surface area contributed by atoms with Crippen LogP contribution in [0, 0.1) is 11.2 Å². The Morgan fingerprint density at radius 2 is 2.44 bits per heavy atom. The maximum Gasteiger partial charge on any atom is 0.0224 e. The summed E-state index contributed by atoms with van der Waals surface area (Å²) in [5.74, 6) is 3.94. The molecule has 0 aliphatic carbocycles. The van der Waals surface area contributed by atoms with Crippen molar-refractivity contribution in [3.05, 3.63) is 12.7 Å². The third kappa shape index (κ3) is 8.00. The van der Waals surface area contributed by atoms with Crippen molar-refractivity contribution in [2.45, 2.75) is 13.3 Å². The van der Waals surface area contributed by atoms with Crippen molar-refractivity contribution in [1.82, 2.24) is 0 Å². The average molecular weight is 158 g/mol. The molecule has 0 aliphatic rings. The van der Waals surface area contributed by atoms with Crippen molar-refractivity contribution in [2.75, 3.05) is 5.75 Å². The molecular formula is C7H10S2. The van der Waals surface area contributed by atoms with E-state index in [0.29, 0.717) is 0 Å². The van der Waals surface area contributed by atoms with E-state index >= 15 is 0 Å². The minimum Gasteiger partial charge on any atom is -0.102 e. The Balaban J connectivity index is 2.98. The van der Waals surface area contributed by atoms with Crippen molar-refractivity contribution in [2.24, 2.45) is 0 Å². The summed E-state index contributed by atoms with van der Waals surface area (Å²) in [7, 11) is 3.30. The second-order valence-corrected chi connectivity index (χ2v) is 3.44. The zero-order valence-electron chi connectivity index (χ0n) is 5.52. The fourth-order valence-electron chi connectivity index (χ4n) is 0.213. The number of rotatable bonds is 3. The van der Waals surface area contributed by atoms with Gasteiger partial charge in [0.15, 0.2) is 0 Å². The Labute approximate surface area is 64.9 Å². The molecule has 0 radical (unpaired) electrons. The summed E-state index contributed by atoms with van der Waals surface area (Å²) < 4.78 is 0. The van der Waals surface area contributed by atoms with Gasteiger partial charge in [-0.1, -0.05) is 29.7 Å². The highest BCUT2D eigenvalue weighted by Crippen LogP contribution is 2.18. The normalized spacial score (nSPS) is 7.67. The maximum atomic E-state index is 3.60. The molecule has 0 fully saturated rings. The Bertz CT molecular complexity index is 119. The largest absolute Gasteiger partial charge is 0.102 e. The lowest BCUT2D eigenvalue weighted by molar-refractivity contribution is 1.28. The first kappa shape index (κ1) is 9.00. The third-order valence-corrected chi connectivity index (χ3v) is 2.26. The van der Waals surface area contributed by atoms with Gasteiger partial charge in [-0.3, -0.25) is 0 Å². The van der Waals surface area contributed by atoms with Crippen molar-refractivity contribution in [3.63, 3.8) is 0 Å². The van der Waals surface area contributed by atoms with E-state index < -0.39 is 0 Å². The first-order chi connectivity index (χ1) is 4.41. The molecule has 0 nitrogen and oxygen atoms in total. The molecule has 0 aliphatic heterocycles. The second kappa shape index (κ2) is 8.00. The lowest BCUT2D eigenvalue weighted by Crippen LogP contribution is -1.58. The molecule has 0 heterocycles. The summed E-state index contributed by atoms with van der Waals surface area (Å²) in [5, 5.41) is 2.95. The quantitative estimate of drug-likeness (QED) is 0.268. The summed E-state index contributed by atoms with van der Waals surface area (Å²) in [6, 6.07) is 0. The van der Waals surface area contributed by atoms with E-state index in [4.69, 9.17) is 0 Å². The summed E-state index contributed by atoms with van der Waals surface area (Å²) in [6.45, 7) is 5.64. The molecule has 0 aromatic rings. The Hall–Kier alpha value is -0.0000000000000000555. The van der Waals surface area contributed by atoms with Gasteiger partial charge in [0.05, 0.1) is 0 Å². The minimum atomic E-state index is 0.946. The molecule has 0 amide bonds. The van der Waals surface area contributed by atoms with E-state index in [1.807, 2.05) is 13.0 Å². The zero-order valence-corrected chi connectivity index (χ0v) is 7.15. The Morgan fingerprint density at radius 1 is 1.67 bits per heavy atom. The van der Waals surface area contributed by atoms with E-state index in [9.17, 15) is 0 Å². The SMILES string of the molecule is C=CCSSC#CCC. The zero-order chi connectivity index (χ0) is 6.95. The van der Waals surface area contributed by atoms with Crippen LogP contribution in [-0.2, 0) is 0 Å². The minimum absolute atomic E-state index is 0.946. The fraction of sp³-hybridized carbons (Fsp3) is 0.429. The van der Waals surface area contributed by atoms with Crippen LogP contribution in [-0.4, -0.2) is 5.75 Å². The van der Waals surface area contributed by atoms with Gasteiger partial charge in [0.1, 0.15) is 0 Å². The van der Waals surface area contributed by atoms with Gasteiger partial charge in [-0.25, -0.2) is 0 Å². The first-order valence-electron chi connectivity index (χ1n) is 2.79. The van der Waals surface area contributed by atoms with Crippen LogP contribution in [0.3, 0.4) is 0 Å². The molecule has 0 rings (SSSR count). The van der Waals surface area contributed by atoms with Gasteiger partial charge < -0.3 is 0 Å². The van der Waals surface area contributed by atoms with Crippen LogP contribution >= 0.6 is 21.6 Å². The van der Waals surface area contributed by atoms with Crippen LogP contribution in [0.25, 0.3) is 0 Å². The molecule has 0 spiro atoms. The smallest absolute Gasteiger partial charge is 0.0224 e. The molecule has 0 atom stereocenters. The van der Waals surface area contributed by atoms with Gasteiger partial charge in [0.2, 0.25) is 0 Å². The summed E-state index contributed by atoms with van der Waals surface area (Å²) >= 11 is 0. The molecule has 0 aromatic heterocycles. The lowest BCUT2D eigenvalue weighted by Gasteiger charge is -1.82. The highest BCUT2D eigenvalue weighted by Gasteiger charge is 1.76. The van der Waals surface area contributed by atoms with Gasteiger partial charge in [0, 0.05) is 12.2 Å². The van der Waals surface area contributed by atoms with Gasteiger partial charge in [-0.05, 0) is 16.0 Å². The van der Waals surface area contributed by atoms with E-state index in [1.54, 1.807) is 21.6 Å². The third-order valence-electron chi connectivity index (χ3n) is 0.535. The molecule has 0 bridgehead atoms. The average Bonchev–Trinajstić information content (AvgIpc) is 1.89. The topological polar surface area (TPSA) is 0 Å². The van der Waals surface area contributed by atoms with Gasteiger partial charge in [-0.15, -0.1) is 6.58 Å². The molecule has 2 heteroatoms. The number of hydrogen-bond acceptors (Lipinski definition) is 2. The summed E-state index contributed by atoms with van der Waals surface area (Å²) in [6.07, 6.45) is 2.83. The van der Waals surface area contributed by atoms with Crippen LogP contribution in [0.4, 0.5) is 0 Å². The second-order valence-electron chi connectivity index (χ2n) is 1.29. The molecule has 0 saturated carbocycles. The predicted octanol–water partition coefficient (Wildman–Crippen LogP) is 2.92. The van der Waals surface area contributed by atoms with E-state index in [1.165, 1.54) is 0 Å². The first-order valence-corrected chi connectivity index (χ1v) is 5.11. The molecule has 9 heavy (non-hydrogen) atoms. The van der Waals surface area contributed by atoms with E-state index in [2.05, 4.69) is 17.8 Å². The molecule has 0 unspecified atom stereocenters. The highest BCUT2D eigenvalue weighted by atomic mass is 33.1. The van der Waals surface area contributed by atoms with Crippen molar-refractivity contribution in [1.29, 1.82) is 0 Å². The maximum absolute atomic E-state index is 3.60. The Morgan fingerprint density at radius 3 is 3.00 bits per heavy atom. The highest BCUT2D eigenvalue weighted by molar-refractivity contribution is 8.78. The van der Waals surface area contributed by atoms with Crippen LogP contribution in [0.5, 0.6) is 0 Å². The molecule has 0 aromatic carbocycles. The van der Waals surface area contributed by atoms with Crippen molar-refractivity contribution >= 4 is 21.6 Å². The van der Waals surface area contributed by atoms with Gasteiger partial charge in [0.25, 0.3) is 0 Å². The summed E-state index contributed by atoms with van der Waals surface area (Å²) in [5.41, 5.74) is 0. The van der Waals surface area contributed by atoms with Crippen LogP contribution in [0.2, 0.25) is 0 Å². The van der Waals surface area contributed by atoms with Crippen molar-refractivity contribution in [3.8, 4) is 11.2 Å².